The lowest BCUT2D eigenvalue weighted by Gasteiger charge is -2.49. The predicted octanol–water partition coefficient (Wildman–Crippen LogP) is 2.73. The third-order valence-electron chi connectivity index (χ3n) is 4.30. The van der Waals surface area contributed by atoms with Crippen LogP contribution in [0.15, 0.2) is 24.3 Å². The first-order valence-corrected chi connectivity index (χ1v) is 6.65. The molecule has 1 aromatic carbocycles. The van der Waals surface area contributed by atoms with Crippen molar-refractivity contribution >= 4 is 0 Å². The first-order chi connectivity index (χ1) is 8.70. The quantitative estimate of drug-likeness (QED) is 0.785. The summed E-state index contributed by atoms with van der Waals surface area (Å²) in [6.45, 7) is 4.56. The normalized spacial score (nSPS) is 26.9. The summed E-state index contributed by atoms with van der Waals surface area (Å²) >= 11 is 0. The lowest BCUT2D eigenvalue weighted by molar-refractivity contribution is 0.123. The van der Waals surface area contributed by atoms with Crippen LogP contribution < -0.4 is 5.32 Å². The molecule has 2 unspecified atom stereocenters. The Hall–Kier alpha value is -0.930. The van der Waals surface area contributed by atoms with Crippen molar-refractivity contribution in [1.82, 2.24) is 5.32 Å². The molecule has 18 heavy (non-hydrogen) atoms. The third kappa shape index (κ3) is 2.43. The average Bonchev–Trinajstić information content (AvgIpc) is 2.38. The highest BCUT2D eigenvalue weighted by Crippen LogP contribution is 2.48. The fourth-order valence-electron chi connectivity index (χ4n) is 2.89. The molecule has 0 amide bonds. The van der Waals surface area contributed by atoms with Crippen molar-refractivity contribution in [1.29, 1.82) is 0 Å². The van der Waals surface area contributed by atoms with Gasteiger partial charge in [-0.15, -0.1) is 0 Å². The molecule has 2 rings (SSSR count). The molecule has 1 N–H and O–H groups in total. The number of hydrogen-bond acceptors (Lipinski definition) is 2. The summed E-state index contributed by atoms with van der Waals surface area (Å²) in [5.74, 6) is 0.460. The van der Waals surface area contributed by atoms with Crippen LogP contribution in [0.4, 0.5) is 4.39 Å². The Bertz CT molecular complexity index is 396. The summed E-state index contributed by atoms with van der Waals surface area (Å²) in [6.07, 6.45) is 2.25. The Morgan fingerprint density at radius 2 is 2.22 bits per heavy atom. The second kappa shape index (κ2) is 5.81. The maximum atomic E-state index is 14.0. The third-order valence-corrected chi connectivity index (χ3v) is 4.30. The van der Waals surface area contributed by atoms with E-state index in [4.69, 9.17) is 4.74 Å². The van der Waals surface area contributed by atoms with Gasteiger partial charge < -0.3 is 10.1 Å². The summed E-state index contributed by atoms with van der Waals surface area (Å²) < 4.78 is 19.0. The minimum atomic E-state index is -0.0717. The molecule has 100 valence electrons. The molecule has 2 atom stereocenters. The van der Waals surface area contributed by atoms with E-state index < -0.39 is 0 Å². The van der Waals surface area contributed by atoms with Gasteiger partial charge in [-0.1, -0.05) is 25.1 Å². The van der Waals surface area contributed by atoms with Gasteiger partial charge in [0.15, 0.2) is 0 Å². The van der Waals surface area contributed by atoms with Crippen LogP contribution in [-0.2, 0) is 10.2 Å². The summed E-state index contributed by atoms with van der Waals surface area (Å²) in [4.78, 5) is 0. The Labute approximate surface area is 109 Å². The van der Waals surface area contributed by atoms with Gasteiger partial charge in [0.1, 0.15) is 5.82 Å². The van der Waals surface area contributed by atoms with E-state index >= 15 is 0 Å². The van der Waals surface area contributed by atoms with E-state index in [-0.39, 0.29) is 11.2 Å². The molecule has 0 bridgehead atoms. The Morgan fingerprint density at radius 3 is 2.78 bits per heavy atom. The maximum Gasteiger partial charge on any atom is 0.127 e. The highest BCUT2D eigenvalue weighted by Gasteiger charge is 2.46. The Balaban J connectivity index is 2.10. The molecule has 3 heteroatoms. The first-order valence-electron chi connectivity index (χ1n) is 6.65. The highest BCUT2D eigenvalue weighted by atomic mass is 19.1. The van der Waals surface area contributed by atoms with Gasteiger partial charge in [0.25, 0.3) is 0 Å². The average molecular weight is 251 g/mol. The largest absolute Gasteiger partial charge is 0.383 e. The second-order valence-electron chi connectivity index (χ2n) is 5.25. The van der Waals surface area contributed by atoms with Crippen molar-refractivity contribution in [2.24, 2.45) is 5.92 Å². The van der Waals surface area contributed by atoms with Gasteiger partial charge in [-0.2, -0.15) is 0 Å². The number of halogens is 1. The fraction of sp³-hybridized carbons (Fsp3) is 0.600. The fourth-order valence-corrected chi connectivity index (χ4v) is 2.89. The maximum absolute atomic E-state index is 14.0. The van der Waals surface area contributed by atoms with Gasteiger partial charge in [0.2, 0.25) is 0 Å². The lowest BCUT2D eigenvalue weighted by atomic mass is 9.57. The van der Waals surface area contributed by atoms with E-state index in [1.54, 1.807) is 19.2 Å². The smallest absolute Gasteiger partial charge is 0.127 e. The number of hydrogen-bond donors (Lipinski definition) is 1. The number of rotatable bonds is 6. The molecule has 1 aliphatic carbocycles. The molecule has 0 radical (unpaired) electrons. The SMILES string of the molecule is COCCNCC1(c2ccccc2F)CCC1C. The van der Waals surface area contributed by atoms with E-state index in [0.29, 0.717) is 12.5 Å². The van der Waals surface area contributed by atoms with E-state index in [0.717, 1.165) is 25.1 Å². The molecular weight excluding hydrogens is 229 g/mol. The molecule has 1 aliphatic rings. The number of ether oxygens (including phenoxy) is 1. The van der Waals surface area contributed by atoms with Gasteiger partial charge in [0, 0.05) is 25.6 Å². The first kappa shape index (κ1) is 13.5. The van der Waals surface area contributed by atoms with E-state index in [1.165, 1.54) is 6.42 Å². The van der Waals surface area contributed by atoms with Crippen molar-refractivity contribution in [2.45, 2.75) is 25.2 Å². The number of benzene rings is 1. The molecule has 1 fully saturated rings. The van der Waals surface area contributed by atoms with Crippen molar-refractivity contribution in [3.63, 3.8) is 0 Å². The molecule has 0 aromatic heterocycles. The summed E-state index contributed by atoms with van der Waals surface area (Å²) in [6, 6.07) is 7.19. The minimum Gasteiger partial charge on any atom is -0.383 e. The van der Waals surface area contributed by atoms with Crippen LogP contribution in [0.5, 0.6) is 0 Å². The molecule has 0 aliphatic heterocycles. The standard InChI is InChI=1S/C15H22FNO/c1-12-7-8-15(12,11-17-9-10-18-2)13-5-3-4-6-14(13)16/h3-6,12,17H,7-11H2,1-2H3. The van der Waals surface area contributed by atoms with Crippen molar-refractivity contribution < 1.29 is 9.13 Å². The predicted molar refractivity (Wildman–Crippen MR) is 71.2 cm³/mol. The summed E-state index contributed by atoms with van der Waals surface area (Å²) in [5.41, 5.74) is 0.840. The zero-order chi connectivity index (χ0) is 13.0. The zero-order valence-electron chi connectivity index (χ0n) is 11.2. The highest BCUT2D eigenvalue weighted by molar-refractivity contribution is 5.31. The number of methoxy groups -OCH3 is 1. The van der Waals surface area contributed by atoms with Gasteiger partial charge in [-0.3, -0.25) is 0 Å². The van der Waals surface area contributed by atoms with Crippen LogP contribution in [0.3, 0.4) is 0 Å². The summed E-state index contributed by atoms with van der Waals surface area (Å²) in [5, 5.41) is 3.39. The summed E-state index contributed by atoms with van der Waals surface area (Å²) in [7, 11) is 1.69. The number of nitrogens with one attached hydrogen (secondary N) is 1. The topological polar surface area (TPSA) is 21.3 Å². The van der Waals surface area contributed by atoms with Crippen LogP contribution in [0.1, 0.15) is 25.3 Å². The van der Waals surface area contributed by atoms with Gasteiger partial charge in [-0.05, 0) is 30.4 Å². The molecule has 0 spiro atoms. The zero-order valence-corrected chi connectivity index (χ0v) is 11.2. The van der Waals surface area contributed by atoms with Crippen LogP contribution >= 0.6 is 0 Å². The van der Waals surface area contributed by atoms with Crippen molar-refractivity contribution in [3.05, 3.63) is 35.6 Å². The van der Waals surface area contributed by atoms with Crippen molar-refractivity contribution in [3.8, 4) is 0 Å². The molecule has 1 saturated carbocycles. The van der Waals surface area contributed by atoms with Crippen LogP contribution in [0.25, 0.3) is 0 Å². The van der Waals surface area contributed by atoms with Crippen LogP contribution in [0.2, 0.25) is 0 Å². The van der Waals surface area contributed by atoms with Gasteiger partial charge >= 0.3 is 0 Å². The lowest BCUT2D eigenvalue weighted by Crippen LogP contribution is -2.51. The van der Waals surface area contributed by atoms with Gasteiger partial charge in [-0.25, -0.2) is 4.39 Å². The minimum absolute atomic E-state index is 0.0287. The molecule has 2 nitrogen and oxygen atoms in total. The van der Waals surface area contributed by atoms with E-state index in [9.17, 15) is 4.39 Å². The van der Waals surface area contributed by atoms with Crippen molar-refractivity contribution in [2.75, 3.05) is 26.8 Å². The monoisotopic (exact) mass is 251 g/mol. The van der Waals surface area contributed by atoms with Crippen LogP contribution in [-0.4, -0.2) is 26.8 Å². The van der Waals surface area contributed by atoms with E-state index in [2.05, 4.69) is 12.2 Å². The Kier molecular flexibility index (Phi) is 4.36. The van der Waals surface area contributed by atoms with Crippen LogP contribution in [0, 0.1) is 11.7 Å². The van der Waals surface area contributed by atoms with Gasteiger partial charge in [0.05, 0.1) is 6.61 Å². The molecule has 1 aromatic rings. The Morgan fingerprint density at radius 1 is 1.44 bits per heavy atom. The molecular formula is C15H22FNO. The molecule has 0 heterocycles. The molecule has 0 saturated heterocycles. The second-order valence-corrected chi connectivity index (χ2v) is 5.25. The van der Waals surface area contributed by atoms with E-state index in [1.807, 2.05) is 12.1 Å².